The number of halogens is 1. The van der Waals surface area contributed by atoms with Gasteiger partial charge in [-0.25, -0.2) is 13.9 Å². The van der Waals surface area contributed by atoms with E-state index in [1.165, 1.54) is 5.56 Å². The number of aliphatic hydroxyl groups excluding tert-OH is 1. The summed E-state index contributed by atoms with van der Waals surface area (Å²) in [5.74, 6) is 0.818. The second-order valence-electron chi connectivity index (χ2n) is 20.2. The molecule has 2 fully saturated rings. The summed E-state index contributed by atoms with van der Waals surface area (Å²) >= 11 is 0. The number of imidazole rings is 1. The zero-order valence-electron chi connectivity index (χ0n) is 39.8. The fraction of sp³-hybridized carbons (Fsp3) is 0.431. The Morgan fingerprint density at radius 2 is 1.72 bits per heavy atom. The normalized spacial score (nSPS) is 23.3. The zero-order chi connectivity index (χ0) is 47.6. The first kappa shape index (κ1) is 44.0. The van der Waals surface area contributed by atoms with Gasteiger partial charge in [-0.05, 0) is 145 Å². The molecule has 1 unspecified atom stereocenters. The molecular weight excluding hydrogens is 866 g/mol. The Hall–Kier alpha value is -6.56. The molecule has 0 spiro atoms. The Morgan fingerprint density at radius 1 is 0.971 bits per heavy atom. The second-order valence-corrected chi connectivity index (χ2v) is 20.2. The van der Waals surface area contributed by atoms with E-state index in [0.29, 0.717) is 71.8 Å². The molecule has 7 heterocycles. The molecule has 0 radical (unpaired) electrons. The number of aryl methyl sites for hydroxylation is 2. The number of fused-ring (bicyclic) bond motifs is 3. The number of amidine groups is 1. The number of rotatable bonds is 10. The number of aromatic nitrogens is 7. The van der Waals surface area contributed by atoms with Crippen LogP contribution in [0.3, 0.4) is 0 Å². The van der Waals surface area contributed by atoms with Gasteiger partial charge in [-0.3, -0.25) is 18.6 Å². The topological polar surface area (TPSA) is 154 Å². The van der Waals surface area contributed by atoms with E-state index in [4.69, 9.17) is 14.7 Å². The van der Waals surface area contributed by atoms with Crippen LogP contribution in [-0.2, 0) is 28.1 Å². The molecule has 68 heavy (non-hydrogen) atoms. The van der Waals surface area contributed by atoms with Crippen molar-refractivity contribution in [2.75, 3.05) is 33.8 Å². The van der Waals surface area contributed by atoms with E-state index in [1.807, 2.05) is 61.1 Å². The maximum atomic E-state index is 15.6. The summed E-state index contributed by atoms with van der Waals surface area (Å²) in [6.07, 6.45) is 6.88. The number of carbonyl (C=O) groups is 1. The summed E-state index contributed by atoms with van der Waals surface area (Å²) in [6, 6.07) is 17.3. The van der Waals surface area contributed by atoms with Gasteiger partial charge in [-0.1, -0.05) is 18.1 Å². The van der Waals surface area contributed by atoms with Crippen molar-refractivity contribution in [3.63, 3.8) is 0 Å². The number of amides is 1. The first-order chi connectivity index (χ1) is 32.5. The van der Waals surface area contributed by atoms with Crippen LogP contribution in [0.5, 0.6) is 0 Å². The number of ether oxygens (including phenoxy) is 1. The smallest absolute Gasteiger partial charge is 0.338 e. The van der Waals surface area contributed by atoms with Gasteiger partial charge in [0.2, 0.25) is 0 Å². The largest absolute Gasteiger partial charge is 0.376 e. The number of hydrogen-bond donors (Lipinski definition) is 2. The molecule has 16 nitrogen and oxygen atoms in total. The Kier molecular flexibility index (Phi) is 10.4. The number of nitrogens with one attached hydrogen (secondary N) is 1. The summed E-state index contributed by atoms with van der Waals surface area (Å²) in [5, 5.41) is 29.4. The van der Waals surface area contributed by atoms with Gasteiger partial charge in [-0.2, -0.15) is 10.2 Å². The molecule has 2 N–H and O–H groups in total. The van der Waals surface area contributed by atoms with Gasteiger partial charge in [0, 0.05) is 60.4 Å². The number of aliphatic hydroxyl groups is 1. The fourth-order valence-electron chi connectivity index (χ4n) is 11.2. The molecular formula is C51H58FN11O5. The number of likely N-dealkylation sites (N-methyl/N-ethyl adjacent to an activating group) is 1. The number of hydrogen-bond acceptors (Lipinski definition) is 10. The standard InChI is InChI=1S/C51H58FN11O5/c1-29-21-38(22-30(2)44(29)52)63-45(60-18-17-59(49(60)66)37-10-12-40-36(24-37)28-53-61(40)19-16-57(7)8)43-32(4)58(15-13-39(43)55-63)46(64)42-25-35-23-33(34-14-20-67-50(5,6)27-34)9-11-41(35)62(42)51(26-31(51)3)47-54-48(65)68-56-47/h9-12,17-18,21-25,28,31-32,34,48,65H,13-16,19-20,26-27H2,1-8H3,(H,54,56)/t31-,32-,34-,48?,51-/m0/s1. The highest BCUT2D eigenvalue weighted by Gasteiger charge is 2.61. The summed E-state index contributed by atoms with van der Waals surface area (Å²) in [7, 11) is 4.06. The lowest BCUT2D eigenvalue weighted by Gasteiger charge is -2.35. The number of oxime groups is 1. The van der Waals surface area contributed by atoms with Gasteiger partial charge in [0.25, 0.3) is 5.91 Å². The first-order valence-corrected chi connectivity index (χ1v) is 23.6. The molecule has 1 saturated carbocycles. The van der Waals surface area contributed by atoms with Crippen LogP contribution in [-0.4, -0.2) is 106 Å². The van der Waals surface area contributed by atoms with E-state index in [-0.39, 0.29) is 28.9 Å². The Labute approximate surface area is 393 Å². The molecule has 5 atom stereocenters. The molecule has 3 aliphatic heterocycles. The molecule has 11 rings (SSSR count). The SMILES string of the molecule is Cc1cc(-n2nc3c(c2-n2ccn(-c4ccc5c(cnn5CCN(C)C)c4)c2=O)[C@H](C)N(C(=O)c2cc4cc([C@H]5CCOC(C)(C)C5)ccc4n2[C@@]2(C4=NOC(O)N4)C[C@@H]2C)CC3)cc(C)c1F. The van der Waals surface area contributed by atoms with Crippen LogP contribution >= 0.6 is 0 Å². The van der Waals surface area contributed by atoms with Crippen LogP contribution in [0.25, 0.3) is 39.0 Å². The summed E-state index contributed by atoms with van der Waals surface area (Å²) in [5.41, 5.74) is 5.84. The highest BCUT2D eigenvalue weighted by Crippen LogP contribution is 2.54. The lowest BCUT2D eigenvalue weighted by Crippen LogP contribution is -2.44. The monoisotopic (exact) mass is 923 g/mol. The molecule has 1 amide bonds. The minimum atomic E-state index is -1.29. The minimum Gasteiger partial charge on any atom is -0.376 e. The maximum absolute atomic E-state index is 15.6. The van der Waals surface area contributed by atoms with Crippen molar-refractivity contribution >= 4 is 33.5 Å². The van der Waals surface area contributed by atoms with E-state index in [1.54, 1.807) is 52.2 Å². The van der Waals surface area contributed by atoms with Crippen LogP contribution in [0.4, 0.5) is 4.39 Å². The van der Waals surface area contributed by atoms with Gasteiger partial charge in [0.05, 0.1) is 47.0 Å². The van der Waals surface area contributed by atoms with E-state index in [2.05, 4.69) is 64.0 Å². The lowest BCUT2D eigenvalue weighted by molar-refractivity contribution is -0.0896. The van der Waals surface area contributed by atoms with Gasteiger partial charge >= 0.3 is 12.1 Å². The third kappa shape index (κ3) is 7.07. The Bertz CT molecular complexity index is 3240. The summed E-state index contributed by atoms with van der Waals surface area (Å²) < 4.78 is 30.2. The van der Waals surface area contributed by atoms with Crippen LogP contribution in [0.2, 0.25) is 0 Å². The summed E-state index contributed by atoms with van der Waals surface area (Å²) in [6.45, 7) is 14.4. The highest BCUT2D eigenvalue weighted by molar-refractivity contribution is 6.03. The Balaban J connectivity index is 1.02. The van der Waals surface area contributed by atoms with Crippen molar-refractivity contribution in [2.45, 2.75) is 103 Å². The average Bonchev–Trinajstić information content (AvgIpc) is 3.95. The van der Waals surface area contributed by atoms with Gasteiger partial charge in [0.15, 0.2) is 5.84 Å². The molecule has 4 aromatic heterocycles. The molecule has 3 aromatic carbocycles. The van der Waals surface area contributed by atoms with Crippen molar-refractivity contribution < 1.29 is 23.9 Å². The van der Waals surface area contributed by atoms with Gasteiger partial charge < -0.3 is 34.4 Å². The third-order valence-corrected chi connectivity index (χ3v) is 14.8. The Morgan fingerprint density at radius 3 is 2.43 bits per heavy atom. The number of carbonyl (C=O) groups excluding carboxylic acids is 1. The van der Waals surface area contributed by atoms with Crippen molar-refractivity contribution in [1.82, 2.24) is 48.4 Å². The lowest BCUT2D eigenvalue weighted by atomic mass is 9.83. The molecule has 7 aromatic rings. The van der Waals surface area contributed by atoms with Crippen molar-refractivity contribution in [1.29, 1.82) is 0 Å². The quantitative estimate of drug-likeness (QED) is 0.151. The van der Waals surface area contributed by atoms with Crippen LogP contribution < -0.4 is 11.0 Å². The molecule has 1 saturated heterocycles. The third-order valence-electron chi connectivity index (χ3n) is 14.8. The average molecular weight is 924 g/mol. The predicted molar refractivity (Wildman–Crippen MR) is 256 cm³/mol. The molecule has 1 aliphatic carbocycles. The van der Waals surface area contributed by atoms with Crippen molar-refractivity contribution in [3.05, 3.63) is 123 Å². The maximum Gasteiger partial charge on any atom is 0.338 e. The van der Waals surface area contributed by atoms with Crippen LogP contribution in [0.15, 0.2) is 83.1 Å². The van der Waals surface area contributed by atoms with Crippen molar-refractivity contribution in [2.24, 2.45) is 11.1 Å². The van der Waals surface area contributed by atoms with E-state index >= 15 is 9.18 Å². The summed E-state index contributed by atoms with van der Waals surface area (Å²) in [4.78, 5) is 39.8. The van der Waals surface area contributed by atoms with Gasteiger partial charge in [-0.15, -0.1) is 0 Å². The predicted octanol–water partition coefficient (Wildman–Crippen LogP) is 6.81. The van der Waals surface area contributed by atoms with Gasteiger partial charge in [0.1, 0.15) is 22.9 Å². The molecule has 354 valence electrons. The molecule has 4 aliphatic rings. The first-order valence-electron chi connectivity index (χ1n) is 23.6. The molecule has 17 heteroatoms. The van der Waals surface area contributed by atoms with Crippen LogP contribution in [0.1, 0.15) is 97.4 Å². The van der Waals surface area contributed by atoms with E-state index in [9.17, 15) is 9.90 Å². The number of benzene rings is 3. The second kappa shape index (κ2) is 16.0. The zero-order valence-corrected chi connectivity index (χ0v) is 39.8. The minimum absolute atomic E-state index is 0.0643. The van der Waals surface area contributed by atoms with Crippen LogP contribution in [0, 0.1) is 25.6 Å². The van der Waals surface area contributed by atoms with E-state index < -0.39 is 18.0 Å². The van der Waals surface area contributed by atoms with Crippen molar-refractivity contribution in [3.8, 4) is 17.2 Å². The highest BCUT2D eigenvalue weighted by atomic mass is 19.1. The number of nitrogens with zero attached hydrogens (tertiary/aromatic N) is 10. The fourth-order valence-corrected chi connectivity index (χ4v) is 11.2. The molecule has 0 bridgehead atoms. The van der Waals surface area contributed by atoms with E-state index in [0.717, 1.165) is 59.0 Å².